The van der Waals surface area contributed by atoms with E-state index in [0.717, 1.165) is 11.9 Å². The Morgan fingerprint density at radius 3 is 2.82 bits per heavy atom. The van der Waals surface area contributed by atoms with Crippen LogP contribution in [0.5, 0.6) is 0 Å². The van der Waals surface area contributed by atoms with E-state index in [2.05, 4.69) is 9.97 Å². The van der Waals surface area contributed by atoms with E-state index >= 15 is 0 Å². The molecule has 0 spiro atoms. The summed E-state index contributed by atoms with van der Waals surface area (Å²) in [5.41, 5.74) is 6.16. The van der Waals surface area contributed by atoms with Gasteiger partial charge in [-0.15, -0.1) is 0 Å². The Labute approximate surface area is 97.7 Å². The first-order valence-corrected chi connectivity index (χ1v) is 5.33. The maximum Gasteiger partial charge on any atom is 0.162 e. The van der Waals surface area contributed by atoms with Crippen molar-refractivity contribution in [2.45, 2.75) is 18.9 Å². The Morgan fingerprint density at radius 2 is 2.12 bits per heavy atom. The smallest absolute Gasteiger partial charge is 0.162 e. The molecule has 0 amide bonds. The Hall–Kier alpha value is -1.75. The van der Waals surface area contributed by atoms with Gasteiger partial charge in [-0.05, 0) is 18.1 Å². The van der Waals surface area contributed by atoms with Crippen molar-refractivity contribution in [1.29, 1.82) is 0 Å². The second-order valence-electron chi connectivity index (χ2n) is 3.92. The number of halogens is 2. The summed E-state index contributed by atoms with van der Waals surface area (Å²) in [6, 6.07) is 3.82. The molecule has 0 aliphatic heterocycles. The number of aromatic nitrogens is 2. The molecule has 1 heterocycles. The summed E-state index contributed by atoms with van der Waals surface area (Å²) in [6.45, 7) is 0. The van der Waals surface area contributed by atoms with Gasteiger partial charge >= 0.3 is 0 Å². The fraction of sp³-hybridized carbons (Fsp3) is 0.250. The van der Waals surface area contributed by atoms with Crippen LogP contribution >= 0.6 is 0 Å². The number of rotatable bonds is 4. The number of benzene rings is 1. The van der Waals surface area contributed by atoms with E-state index in [1.54, 1.807) is 18.5 Å². The van der Waals surface area contributed by atoms with Crippen LogP contribution in [0.3, 0.4) is 0 Å². The van der Waals surface area contributed by atoms with Crippen molar-refractivity contribution in [1.82, 2.24) is 9.97 Å². The lowest BCUT2D eigenvalue weighted by atomic mass is 10.0. The van der Waals surface area contributed by atoms with Gasteiger partial charge in [-0.3, -0.25) is 0 Å². The molecular formula is C12H13F2N3. The van der Waals surface area contributed by atoms with Crippen molar-refractivity contribution in [3.8, 4) is 0 Å². The summed E-state index contributed by atoms with van der Waals surface area (Å²) in [5.74, 6) is -0.913. The average Bonchev–Trinajstić information content (AvgIpc) is 2.77. The highest BCUT2D eigenvalue weighted by Crippen LogP contribution is 2.13. The van der Waals surface area contributed by atoms with Gasteiger partial charge in [-0.1, -0.05) is 12.1 Å². The second-order valence-corrected chi connectivity index (χ2v) is 3.92. The lowest BCUT2D eigenvalue weighted by molar-refractivity contribution is 0.492. The van der Waals surface area contributed by atoms with Crippen molar-refractivity contribution >= 4 is 0 Å². The fourth-order valence-electron chi connectivity index (χ4n) is 1.72. The van der Waals surface area contributed by atoms with Crippen molar-refractivity contribution in [3.05, 3.63) is 53.6 Å². The predicted octanol–water partition coefficient (Wildman–Crippen LogP) is 1.80. The lowest BCUT2D eigenvalue weighted by Crippen LogP contribution is -2.26. The van der Waals surface area contributed by atoms with Crippen LogP contribution in [0.4, 0.5) is 8.78 Å². The van der Waals surface area contributed by atoms with Gasteiger partial charge in [0.05, 0.1) is 0 Å². The van der Waals surface area contributed by atoms with Gasteiger partial charge in [-0.25, -0.2) is 13.8 Å². The van der Waals surface area contributed by atoms with E-state index in [9.17, 15) is 8.78 Å². The van der Waals surface area contributed by atoms with Crippen LogP contribution in [0.2, 0.25) is 0 Å². The highest BCUT2D eigenvalue weighted by Gasteiger charge is 2.12. The molecule has 1 aromatic carbocycles. The van der Waals surface area contributed by atoms with Crippen LogP contribution < -0.4 is 5.73 Å². The number of nitrogens with zero attached hydrogens (tertiary/aromatic N) is 1. The van der Waals surface area contributed by atoms with Crippen LogP contribution in [-0.4, -0.2) is 16.0 Å². The fourth-order valence-corrected chi connectivity index (χ4v) is 1.72. The standard InChI is InChI=1S/C12H13F2N3/c13-10-3-1-2-8(12(10)14)6-9(15)7-11-16-4-5-17-11/h1-5,9H,6-7,15H2,(H,16,17). The highest BCUT2D eigenvalue weighted by molar-refractivity contribution is 5.20. The van der Waals surface area contributed by atoms with Crippen LogP contribution in [0.1, 0.15) is 11.4 Å². The molecule has 90 valence electrons. The largest absolute Gasteiger partial charge is 0.349 e. The summed E-state index contributed by atoms with van der Waals surface area (Å²) in [4.78, 5) is 6.96. The van der Waals surface area contributed by atoms with Crippen LogP contribution in [0.25, 0.3) is 0 Å². The normalized spacial score (nSPS) is 12.6. The van der Waals surface area contributed by atoms with Crippen LogP contribution in [0.15, 0.2) is 30.6 Å². The molecule has 0 saturated carbocycles. The van der Waals surface area contributed by atoms with Crippen LogP contribution in [0, 0.1) is 11.6 Å². The third kappa shape index (κ3) is 2.88. The summed E-state index contributed by atoms with van der Waals surface area (Å²) in [5, 5.41) is 0. The predicted molar refractivity (Wildman–Crippen MR) is 60.3 cm³/mol. The van der Waals surface area contributed by atoms with Gasteiger partial charge in [0.25, 0.3) is 0 Å². The van der Waals surface area contributed by atoms with Crippen molar-refractivity contribution < 1.29 is 8.78 Å². The number of H-pyrrole nitrogens is 1. The van der Waals surface area contributed by atoms with Gasteiger partial charge in [0.2, 0.25) is 0 Å². The van der Waals surface area contributed by atoms with E-state index in [4.69, 9.17) is 5.73 Å². The number of imidazole rings is 1. The molecule has 1 atom stereocenters. The minimum absolute atomic E-state index is 0.282. The van der Waals surface area contributed by atoms with Crippen molar-refractivity contribution in [2.24, 2.45) is 5.73 Å². The number of nitrogens with two attached hydrogens (primary N) is 1. The quantitative estimate of drug-likeness (QED) is 0.852. The van der Waals surface area contributed by atoms with Gasteiger partial charge in [0.1, 0.15) is 5.82 Å². The molecule has 5 heteroatoms. The zero-order valence-corrected chi connectivity index (χ0v) is 9.16. The molecule has 3 nitrogen and oxygen atoms in total. The zero-order valence-electron chi connectivity index (χ0n) is 9.16. The minimum atomic E-state index is -0.840. The van der Waals surface area contributed by atoms with Gasteiger partial charge < -0.3 is 10.7 Å². The molecule has 0 radical (unpaired) electrons. The third-order valence-corrected chi connectivity index (χ3v) is 2.52. The summed E-state index contributed by atoms with van der Waals surface area (Å²) in [7, 11) is 0. The number of hydrogen-bond acceptors (Lipinski definition) is 2. The van der Waals surface area contributed by atoms with Gasteiger partial charge in [0.15, 0.2) is 11.6 Å². The molecule has 2 aromatic rings. The molecule has 0 aliphatic rings. The number of hydrogen-bond donors (Lipinski definition) is 2. The number of aromatic amines is 1. The highest BCUT2D eigenvalue weighted by atomic mass is 19.2. The Balaban J connectivity index is 2.03. The first-order valence-electron chi connectivity index (χ1n) is 5.33. The SMILES string of the molecule is NC(Cc1ncc[nH]1)Cc1cccc(F)c1F. The Bertz CT molecular complexity index is 483. The van der Waals surface area contributed by atoms with E-state index in [1.165, 1.54) is 6.07 Å². The summed E-state index contributed by atoms with van der Waals surface area (Å²) < 4.78 is 26.4. The Kier molecular flexibility index (Phi) is 3.49. The molecule has 0 fully saturated rings. The van der Waals surface area contributed by atoms with E-state index in [0.29, 0.717) is 12.0 Å². The first kappa shape index (κ1) is 11.7. The molecular weight excluding hydrogens is 224 g/mol. The average molecular weight is 237 g/mol. The Morgan fingerprint density at radius 1 is 1.29 bits per heavy atom. The van der Waals surface area contributed by atoms with E-state index in [1.807, 2.05) is 0 Å². The van der Waals surface area contributed by atoms with E-state index in [-0.39, 0.29) is 12.5 Å². The van der Waals surface area contributed by atoms with Gasteiger partial charge in [0, 0.05) is 24.9 Å². The topological polar surface area (TPSA) is 54.7 Å². The monoisotopic (exact) mass is 237 g/mol. The second kappa shape index (κ2) is 5.05. The minimum Gasteiger partial charge on any atom is -0.349 e. The molecule has 3 N–H and O–H groups in total. The molecule has 0 saturated heterocycles. The zero-order chi connectivity index (χ0) is 12.3. The third-order valence-electron chi connectivity index (χ3n) is 2.52. The van der Waals surface area contributed by atoms with Gasteiger partial charge in [-0.2, -0.15) is 0 Å². The van der Waals surface area contributed by atoms with Crippen molar-refractivity contribution in [2.75, 3.05) is 0 Å². The molecule has 0 bridgehead atoms. The van der Waals surface area contributed by atoms with E-state index < -0.39 is 11.6 Å². The lowest BCUT2D eigenvalue weighted by Gasteiger charge is -2.10. The maximum absolute atomic E-state index is 13.4. The molecule has 17 heavy (non-hydrogen) atoms. The molecule has 1 aromatic heterocycles. The summed E-state index contributed by atoms with van der Waals surface area (Å²) >= 11 is 0. The molecule has 2 rings (SSSR count). The number of nitrogens with one attached hydrogen (secondary N) is 1. The summed E-state index contributed by atoms with van der Waals surface area (Å²) in [6.07, 6.45) is 4.11. The maximum atomic E-state index is 13.4. The first-order chi connectivity index (χ1) is 8.16. The van der Waals surface area contributed by atoms with Crippen LogP contribution in [-0.2, 0) is 12.8 Å². The molecule has 0 aliphatic carbocycles. The molecule has 1 unspecified atom stereocenters. The van der Waals surface area contributed by atoms with Crippen molar-refractivity contribution in [3.63, 3.8) is 0 Å².